The summed E-state index contributed by atoms with van der Waals surface area (Å²) in [5, 5.41) is 8.17. The number of carbonyl (C=O) groups excluding carboxylic acids is 2. The van der Waals surface area contributed by atoms with Gasteiger partial charge in [-0.25, -0.2) is 4.68 Å². The molecule has 0 radical (unpaired) electrons. The van der Waals surface area contributed by atoms with Crippen molar-refractivity contribution in [2.45, 2.75) is 25.8 Å². The molecule has 1 atom stereocenters. The smallest absolute Gasteiger partial charge is 0.268 e. The number of amides is 1. The Morgan fingerprint density at radius 3 is 2.69 bits per heavy atom. The molecule has 2 aromatic heterocycles. The van der Waals surface area contributed by atoms with E-state index in [9.17, 15) is 9.59 Å². The minimum atomic E-state index is -0.570. The zero-order chi connectivity index (χ0) is 20.5. The third-order valence-corrected chi connectivity index (χ3v) is 5.87. The SMILES string of the molecule is COc1ccc(-n2ncc(C(=O)[C@@H]3CCCN3C(=O)c3snnc3C)c2N)cc1. The molecule has 1 saturated heterocycles. The molecule has 0 aliphatic carbocycles. The lowest BCUT2D eigenvalue weighted by Gasteiger charge is -2.23. The molecule has 2 N–H and O–H groups in total. The Bertz CT molecular complexity index is 1060. The predicted octanol–water partition coefficient (Wildman–Crippen LogP) is 2.11. The van der Waals surface area contributed by atoms with Crippen LogP contribution in [-0.4, -0.2) is 55.7 Å². The van der Waals surface area contributed by atoms with Crippen LogP contribution in [0.5, 0.6) is 5.75 Å². The summed E-state index contributed by atoms with van der Waals surface area (Å²) in [5.41, 5.74) is 7.84. The second-order valence-electron chi connectivity index (χ2n) is 6.76. The van der Waals surface area contributed by atoms with Gasteiger partial charge >= 0.3 is 0 Å². The van der Waals surface area contributed by atoms with Crippen molar-refractivity contribution in [1.82, 2.24) is 24.3 Å². The number of hydrogen-bond donors (Lipinski definition) is 1. The lowest BCUT2D eigenvalue weighted by Crippen LogP contribution is -2.40. The summed E-state index contributed by atoms with van der Waals surface area (Å²) in [6.07, 6.45) is 2.80. The van der Waals surface area contributed by atoms with Crippen molar-refractivity contribution in [1.29, 1.82) is 0 Å². The van der Waals surface area contributed by atoms with Crippen LogP contribution in [0.3, 0.4) is 0 Å². The van der Waals surface area contributed by atoms with Gasteiger partial charge in [-0.1, -0.05) is 4.49 Å². The fraction of sp³-hybridized carbons (Fsp3) is 0.316. The van der Waals surface area contributed by atoms with Crippen LogP contribution in [0.25, 0.3) is 5.69 Å². The van der Waals surface area contributed by atoms with Gasteiger partial charge in [0, 0.05) is 6.54 Å². The monoisotopic (exact) mass is 412 g/mol. The first kappa shape index (κ1) is 19.1. The van der Waals surface area contributed by atoms with Crippen LogP contribution in [0, 0.1) is 6.92 Å². The highest BCUT2D eigenvalue weighted by Crippen LogP contribution is 2.28. The van der Waals surface area contributed by atoms with Gasteiger partial charge < -0.3 is 15.4 Å². The Kier molecular flexibility index (Phi) is 5.01. The van der Waals surface area contributed by atoms with Crippen LogP contribution < -0.4 is 10.5 Å². The standard InChI is InChI=1S/C19H20N6O3S/c1-11-17(29-23-22-11)19(27)24-9-3-4-15(24)16(26)14-10-21-25(18(14)20)12-5-7-13(28-2)8-6-12/h5-8,10,15H,3-4,9,20H2,1-2H3/t15-/m0/s1. The van der Waals surface area contributed by atoms with Crippen LogP contribution in [0.2, 0.25) is 0 Å². The highest BCUT2D eigenvalue weighted by atomic mass is 32.1. The van der Waals surface area contributed by atoms with E-state index in [4.69, 9.17) is 10.5 Å². The van der Waals surface area contributed by atoms with Crippen molar-refractivity contribution in [3.63, 3.8) is 0 Å². The van der Waals surface area contributed by atoms with E-state index in [-0.39, 0.29) is 17.5 Å². The number of hydrogen-bond acceptors (Lipinski definition) is 8. The van der Waals surface area contributed by atoms with Crippen molar-refractivity contribution in [3.8, 4) is 11.4 Å². The Labute approximate surface area is 171 Å². The maximum Gasteiger partial charge on any atom is 0.268 e. The molecule has 0 spiro atoms. The number of rotatable bonds is 5. The summed E-state index contributed by atoms with van der Waals surface area (Å²) in [7, 11) is 1.59. The molecule has 29 heavy (non-hydrogen) atoms. The summed E-state index contributed by atoms with van der Waals surface area (Å²) in [5.74, 6) is 0.538. The van der Waals surface area contributed by atoms with Gasteiger partial charge in [0.25, 0.3) is 5.91 Å². The fourth-order valence-electron chi connectivity index (χ4n) is 3.50. The van der Waals surface area contributed by atoms with E-state index in [1.807, 2.05) is 0 Å². The Hall–Kier alpha value is -3.27. The zero-order valence-electron chi connectivity index (χ0n) is 16.0. The first-order valence-corrected chi connectivity index (χ1v) is 9.90. The molecule has 9 nitrogen and oxygen atoms in total. The van der Waals surface area contributed by atoms with Gasteiger partial charge in [-0.3, -0.25) is 9.59 Å². The number of likely N-dealkylation sites (tertiary alicyclic amines) is 1. The Morgan fingerprint density at radius 1 is 1.28 bits per heavy atom. The summed E-state index contributed by atoms with van der Waals surface area (Å²) < 4.78 is 10.5. The van der Waals surface area contributed by atoms with Gasteiger partial charge in [0.15, 0.2) is 5.78 Å². The number of anilines is 1. The third kappa shape index (κ3) is 3.35. The highest BCUT2D eigenvalue weighted by Gasteiger charge is 2.37. The largest absolute Gasteiger partial charge is 0.497 e. The van der Waals surface area contributed by atoms with Gasteiger partial charge in [-0.05, 0) is 55.6 Å². The number of carbonyl (C=O) groups is 2. The van der Waals surface area contributed by atoms with Crippen LogP contribution in [0.4, 0.5) is 5.82 Å². The van der Waals surface area contributed by atoms with E-state index in [1.165, 1.54) is 10.9 Å². The van der Waals surface area contributed by atoms with E-state index in [0.29, 0.717) is 40.5 Å². The first-order chi connectivity index (χ1) is 14.0. The maximum absolute atomic E-state index is 13.2. The van der Waals surface area contributed by atoms with Crippen LogP contribution in [-0.2, 0) is 0 Å². The topological polar surface area (TPSA) is 116 Å². The average Bonchev–Trinajstić information content (AvgIpc) is 3.47. The maximum atomic E-state index is 13.2. The summed E-state index contributed by atoms with van der Waals surface area (Å²) in [6, 6.07) is 6.63. The molecule has 1 fully saturated rings. The molecule has 3 aromatic rings. The minimum Gasteiger partial charge on any atom is -0.497 e. The van der Waals surface area contributed by atoms with E-state index >= 15 is 0 Å². The predicted molar refractivity (Wildman–Crippen MR) is 108 cm³/mol. The molecule has 1 aliphatic rings. The van der Waals surface area contributed by atoms with Crippen LogP contribution >= 0.6 is 11.5 Å². The van der Waals surface area contributed by atoms with Gasteiger partial charge in [0.05, 0.1) is 36.3 Å². The average molecular weight is 412 g/mol. The van der Waals surface area contributed by atoms with Gasteiger partial charge in [0.1, 0.15) is 16.4 Å². The lowest BCUT2D eigenvalue weighted by molar-refractivity contribution is 0.0674. The van der Waals surface area contributed by atoms with Crippen molar-refractivity contribution < 1.29 is 14.3 Å². The normalized spacial score (nSPS) is 16.2. The number of methoxy groups -OCH3 is 1. The summed E-state index contributed by atoms with van der Waals surface area (Å²) >= 11 is 1.05. The van der Waals surface area contributed by atoms with Gasteiger partial charge in [0.2, 0.25) is 0 Å². The second kappa shape index (κ2) is 7.63. The molecule has 0 unspecified atom stereocenters. The van der Waals surface area contributed by atoms with Crippen LogP contribution in [0.15, 0.2) is 30.5 Å². The quantitative estimate of drug-likeness (QED) is 0.638. The summed E-state index contributed by atoms with van der Waals surface area (Å²) in [6.45, 7) is 2.25. The Balaban J connectivity index is 1.60. The van der Waals surface area contributed by atoms with Gasteiger partial charge in [-0.15, -0.1) is 5.10 Å². The molecule has 1 amide bonds. The number of aryl methyl sites for hydroxylation is 1. The molecule has 10 heteroatoms. The van der Waals surface area contributed by atoms with Gasteiger partial charge in [-0.2, -0.15) is 5.10 Å². The number of aromatic nitrogens is 4. The van der Waals surface area contributed by atoms with Crippen LogP contribution in [0.1, 0.15) is 38.6 Å². The fourth-order valence-corrected chi connectivity index (χ4v) is 4.11. The highest BCUT2D eigenvalue weighted by molar-refractivity contribution is 7.08. The summed E-state index contributed by atoms with van der Waals surface area (Å²) in [4.78, 5) is 28.2. The molecule has 0 bridgehead atoms. The molecule has 150 valence electrons. The Morgan fingerprint density at radius 2 is 2.03 bits per heavy atom. The number of Topliss-reactive ketones (excluding diaryl/α,β-unsaturated/α-hetero) is 1. The molecule has 1 aromatic carbocycles. The van der Waals surface area contributed by atoms with Crippen molar-refractivity contribution in [3.05, 3.63) is 46.6 Å². The number of ether oxygens (including phenoxy) is 1. The lowest BCUT2D eigenvalue weighted by atomic mass is 10.0. The molecule has 0 saturated carbocycles. The van der Waals surface area contributed by atoms with Crippen molar-refractivity contribution in [2.24, 2.45) is 0 Å². The first-order valence-electron chi connectivity index (χ1n) is 9.13. The van der Waals surface area contributed by atoms with E-state index in [1.54, 1.807) is 43.2 Å². The number of nitrogens with zero attached hydrogens (tertiary/aromatic N) is 5. The molecule has 4 rings (SSSR count). The van der Waals surface area contributed by atoms with E-state index < -0.39 is 6.04 Å². The number of ketones is 1. The van der Waals surface area contributed by atoms with E-state index in [0.717, 1.165) is 18.0 Å². The minimum absolute atomic E-state index is 0.205. The number of nitrogens with two attached hydrogens (primary N) is 1. The molecular formula is C19H20N6O3S. The van der Waals surface area contributed by atoms with E-state index in [2.05, 4.69) is 14.7 Å². The second-order valence-corrected chi connectivity index (χ2v) is 7.52. The molecule has 1 aliphatic heterocycles. The number of nitrogen functional groups attached to an aromatic ring is 1. The third-order valence-electron chi connectivity index (χ3n) is 5.05. The molecule has 3 heterocycles. The van der Waals surface area contributed by atoms with Crippen molar-refractivity contribution in [2.75, 3.05) is 19.4 Å². The zero-order valence-corrected chi connectivity index (χ0v) is 16.8. The molecular weight excluding hydrogens is 392 g/mol. The number of benzene rings is 1. The van der Waals surface area contributed by atoms with Crippen molar-refractivity contribution >= 4 is 29.0 Å².